The summed E-state index contributed by atoms with van der Waals surface area (Å²) in [6, 6.07) is 18.0. The first kappa shape index (κ1) is 19.0. The van der Waals surface area contributed by atoms with Gasteiger partial charge in [-0.2, -0.15) is 5.10 Å². The van der Waals surface area contributed by atoms with Crippen molar-refractivity contribution in [3.8, 4) is 5.75 Å². The molecule has 1 heterocycles. The van der Waals surface area contributed by atoms with Crippen LogP contribution in [-0.2, 0) is 12.3 Å². The number of carbonyl (C=O) groups excluding carboxylic acids is 1. The van der Waals surface area contributed by atoms with Gasteiger partial charge in [0.05, 0.1) is 7.11 Å². The molecule has 0 fully saturated rings. The largest absolute Gasteiger partial charge is 0.496 e. The highest BCUT2D eigenvalue weighted by Gasteiger charge is 2.07. The smallest absolute Gasteiger partial charge is 0.206 e. The number of allylic oxidation sites excluding steroid dienone is 1. The van der Waals surface area contributed by atoms with Crippen LogP contribution in [0.15, 0.2) is 71.8 Å². The maximum Gasteiger partial charge on any atom is 0.206 e. The second-order valence-corrected chi connectivity index (χ2v) is 6.98. The third-order valence-corrected chi connectivity index (χ3v) is 5.15. The van der Waals surface area contributed by atoms with Gasteiger partial charge in [-0.25, -0.2) is 0 Å². The molecule has 0 unspecified atom stereocenters. The van der Waals surface area contributed by atoms with Gasteiger partial charge in [0.25, 0.3) is 0 Å². The Kier molecular flexibility index (Phi) is 6.49. The summed E-state index contributed by atoms with van der Waals surface area (Å²) in [6.07, 6.45) is 5.16. The third kappa shape index (κ3) is 5.11. The number of rotatable bonds is 8. The second kappa shape index (κ2) is 9.24. The van der Waals surface area contributed by atoms with E-state index in [0.717, 1.165) is 29.2 Å². The molecule has 0 radical (unpaired) electrons. The highest BCUT2D eigenvalue weighted by Crippen LogP contribution is 2.29. The number of aromatic nitrogens is 2. The van der Waals surface area contributed by atoms with Gasteiger partial charge in [-0.05, 0) is 42.8 Å². The van der Waals surface area contributed by atoms with Crippen molar-refractivity contribution < 1.29 is 9.53 Å². The summed E-state index contributed by atoms with van der Waals surface area (Å²) in [5.74, 6) is 1.54. The van der Waals surface area contributed by atoms with Gasteiger partial charge < -0.3 is 4.74 Å². The van der Waals surface area contributed by atoms with E-state index in [1.807, 2.05) is 49.5 Å². The van der Waals surface area contributed by atoms with Crippen molar-refractivity contribution in [1.82, 2.24) is 9.78 Å². The maximum absolute atomic E-state index is 12.2. The molecule has 138 valence electrons. The maximum atomic E-state index is 12.2. The van der Waals surface area contributed by atoms with Crippen molar-refractivity contribution >= 4 is 23.6 Å². The summed E-state index contributed by atoms with van der Waals surface area (Å²) in [7, 11) is 1.67. The number of nitrogens with zero attached hydrogens (tertiary/aromatic N) is 2. The number of methoxy groups -OCH3 is 1. The van der Waals surface area contributed by atoms with Crippen LogP contribution in [0.3, 0.4) is 0 Å². The molecule has 0 bridgehead atoms. The summed E-state index contributed by atoms with van der Waals surface area (Å²) >= 11 is 1.77. The van der Waals surface area contributed by atoms with E-state index in [1.165, 1.54) is 4.90 Å². The number of hydrogen-bond acceptors (Lipinski definition) is 4. The van der Waals surface area contributed by atoms with Crippen LogP contribution in [0.1, 0.15) is 28.5 Å². The molecule has 0 aliphatic rings. The topological polar surface area (TPSA) is 44.1 Å². The fourth-order valence-electron chi connectivity index (χ4n) is 2.59. The predicted molar refractivity (Wildman–Crippen MR) is 110 cm³/mol. The Morgan fingerprint density at radius 1 is 1.19 bits per heavy atom. The minimum absolute atomic E-state index is 0.107. The van der Waals surface area contributed by atoms with Crippen LogP contribution in [0.5, 0.6) is 5.75 Å². The quantitative estimate of drug-likeness (QED) is 0.311. The Labute approximate surface area is 163 Å². The summed E-state index contributed by atoms with van der Waals surface area (Å²) < 4.78 is 7.28. The van der Waals surface area contributed by atoms with Crippen molar-refractivity contribution in [1.29, 1.82) is 0 Å². The van der Waals surface area contributed by atoms with Crippen molar-refractivity contribution in [3.63, 3.8) is 0 Å². The van der Waals surface area contributed by atoms with Gasteiger partial charge >= 0.3 is 0 Å². The monoisotopic (exact) mass is 378 g/mol. The fraction of sp³-hybridized carbons (Fsp3) is 0.182. The van der Waals surface area contributed by atoms with E-state index in [0.29, 0.717) is 5.69 Å². The van der Waals surface area contributed by atoms with E-state index in [9.17, 15) is 4.79 Å². The molecule has 4 nitrogen and oxygen atoms in total. The lowest BCUT2D eigenvalue weighted by Gasteiger charge is -2.09. The first-order valence-corrected chi connectivity index (χ1v) is 9.78. The Morgan fingerprint density at radius 2 is 2.00 bits per heavy atom. The highest BCUT2D eigenvalue weighted by atomic mass is 32.2. The first-order chi connectivity index (χ1) is 13.2. The Morgan fingerprint density at radius 3 is 2.70 bits per heavy atom. The Hall–Kier alpha value is -2.79. The second-order valence-electron chi connectivity index (χ2n) is 5.93. The van der Waals surface area contributed by atoms with E-state index in [2.05, 4.69) is 17.2 Å². The number of aryl methyl sites for hydroxylation is 1. The molecule has 0 N–H and O–H groups in total. The zero-order chi connectivity index (χ0) is 19.1. The van der Waals surface area contributed by atoms with Crippen molar-refractivity contribution in [2.45, 2.75) is 24.1 Å². The fourth-order valence-corrected chi connectivity index (χ4v) is 3.50. The molecule has 1 aromatic heterocycles. The molecule has 5 heteroatoms. The highest BCUT2D eigenvalue weighted by molar-refractivity contribution is 7.98. The molecule has 0 amide bonds. The number of ketones is 1. The van der Waals surface area contributed by atoms with Gasteiger partial charge in [0.1, 0.15) is 11.4 Å². The zero-order valence-corrected chi connectivity index (χ0v) is 16.3. The normalized spacial score (nSPS) is 11.0. The van der Waals surface area contributed by atoms with Gasteiger partial charge in [0.15, 0.2) is 0 Å². The molecular weight excluding hydrogens is 356 g/mol. The SMILES string of the molecule is CCn1ccc(C(=O)/C=C/c2ccc(CSc3ccccc3)c(OC)c2)n1. The Bertz CT molecular complexity index is 932. The number of thioether (sulfide) groups is 1. The molecule has 0 saturated carbocycles. The molecule has 0 saturated heterocycles. The van der Waals surface area contributed by atoms with Crippen LogP contribution in [0.4, 0.5) is 0 Å². The molecule has 0 aliphatic carbocycles. The summed E-state index contributed by atoms with van der Waals surface area (Å²) in [6.45, 7) is 2.73. The van der Waals surface area contributed by atoms with Crippen molar-refractivity contribution in [2.75, 3.05) is 7.11 Å². The summed E-state index contributed by atoms with van der Waals surface area (Å²) in [5.41, 5.74) is 2.50. The Balaban J connectivity index is 1.68. The van der Waals surface area contributed by atoms with Crippen molar-refractivity contribution in [2.24, 2.45) is 0 Å². The minimum atomic E-state index is -0.107. The van der Waals surface area contributed by atoms with Gasteiger partial charge in [-0.1, -0.05) is 36.4 Å². The molecular formula is C22H22N2O2S. The molecule has 27 heavy (non-hydrogen) atoms. The third-order valence-electron chi connectivity index (χ3n) is 4.09. The molecule has 3 aromatic rings. The molecule has 0 atom stereocenters. The van der Waals surface area contributed by atoms with E-state index in [1.54, 1.807) is 41.8 Å². The molecule has 2 aromatic carbocycles. The lowest BCUT2D eigenvalue weighted by Crippen LogP contribution is -2.00. The summed E-state index contributed by atoms with van der Waals surface area (Å²) in [5, 5.41) is 4.23. The summed E-state index contributed by atoms with van der Waals surface area (Å²) in [4.78, 5) is 13.5. The number of benzene rings is 2. The average molecular weight is 378 g/mol. The average Bonchev–Trinajstić information content (AvgIpc) is 3.21. The zero-order valence-electron chi connectivity index (χ0n) is 15.5. The van der Waals surface area contributed by atoms with Crippen LogP contribution < -0.4 is 4.74 Å². The lowest BCUT2D eigenvalue weighted by molar-refractivity contribution is 0.104. The number of ether oxygens (including phenoxy) is 1. The lowest BCUT2D eigenvalue weighted by atomic mass is 10.1. The van der Waals surface area contributed by atoms with Gasteiger partial charge in [0, 0.05) is 29.0 Å². The molecule has 3 rings (SSSR count). The van der Waals surface area contributed by atoms with Crippen LogP contribution >= 0.6 is 11.8 Å². The van der Waals surface area contributed by atoms with E-state index < -0.39 is 0 Å². The van der Waals surface area contributed by atoms with Gasteiger partial charge in [-0.3, -0.25) is 9.48 Å². The van der Waals surface area contributed by atoms with E-state index in [4.69, 9.17) is 4.74 Å². The van der Waals surface area contributed by atoms with Crippen LogP contribution in [0.2, 0.25) is 0 Å². The molecule has 0 spiro atoms. The van der Waals surface area contributed by atoms with Crippen LogP contribution in [0, 0.1) is 0 Å². The van der Waals surface area contributed by atoms with Crippen molar-refractivity contribution in [3.05, 3.63) is 83.7 Å². The predicted octanol–water partition coefficient (Wildman–Crippen LogP) is 5.10. The minimum Gasteiger partial charge on any atom is -0.496 e. The number of hydrogen-bond donors (Lipinski definition) is 0. The van der Waals surface area contributed by atoms with Crippen LogP contribution in [-0.4, -0.2) is 22.7 Å². The van der Waals surface area contributed by atoms with E-state index in [-0.39, 0.29) is 5.78 Å². The van der Waals surface area contributed by atoms with E-state index >= 15 is 0 Å². The van der Waals surface area contributed by atoms with Crippen LogP contribution in [0.25, 0.3) is 6.08 Å². The first-order valence-electron chi connectivity index (χ1n) is 8.80. The van der Waals surface area contributed by atoms with Gasteiger partial charge in [-0.15, -0.1) is 11.8 Å². The standard InChI is InChI=1S/C22H22N2O2S/c1-3-24-14-13-20(23-24)21(25)12-10-17-9-11-18(22(15-17)26-2)16-27-19-7-5-4-6-8-19/h4-15H,3,16H2,1-2H3/b12-10+. The van der Waals surface area contributed by atoms with Gasteiger partial charge in [0.2, 0.25) is 5.78 Å². The molecule has 0 aliphatic heterocycles. The number of carbonyl (C=O) groups is 1.